The number of carbonyl (C=O) groups is 6. The van der Waals surface area contributed by atoms with Crippen LogP contribution in [-0.2, 0) is 35.2 Å². The zero-order chi connectivity index (χ0) is 27.0. The van der Waals surface area contributed by atoms with Crippen LogP contribution in [0.3, 0.4) is 0 Å². The molecule has 0 saturated carbocycles. The van der Waals surface area contributed by atoms with Crippen molar-refractivity contribution >= 4 is 46.5 Å². The number of nitrogens with one attached hydrogen (secondary N) is 4. The molecule has 1 aromatic carbocycles. The number of benzene rings is 1. The first-order valence-corrected chi connectivity index (χ1v) is 10.8. The van der Waals surface area contributed by atoms with Crippen LogP contribution in [0.25, 0.3) is 10.9 Å². The Morgan fingerprint density at radius 2 is 1.53 bits per heavy atom. The van der Waals surface area contributed by atoms with Crippen LogP contribution < -0.4 is 27.4 Å². The molecule has 14 heteroatoms. The quantitative estimate of drug-likeness (QED) is 0.149. The minimum Gasteiger partial charge on any atom is -0.481 e. The standard InChI is InChI=1S/C22H28N6O8/c1-10(22(35)36)26-20(33)16(8-18(30)31)28-21(34)15(27-19(32)13(23)7-17(24)29)6-11-9-25-14-5-3-2-4-12(11)14/h2-5,9-10,13,15-16,25H,6-8,23H2,1H3,(H2,24,29)(H,26,33)(H,27,32)(H,28,34)(H,30,31)(H,35,36). The lowest BCUT2D eigenvalue weighted by atomic mass is 10.0. The maximum Gasteiger partial charge on any atom is 0.325 e. The molecule has 4 unspecified atom stereocenters. The summed E-state index contributed by atoms with van der Waals surface area (Å²) in [6, 6.07) is 1.47. The van der Waals surface area contributed by atoms with E-state index in [-0.39, 0.29) is 6.42 Å². The van der Waals surface area contributed by atoms with Gasteiger partial charge in [0.2, 0.25) is 23.6 Å². The number of aromatic amines is 1. The van der Waals surface area contributed by atoms with Crippen molar-refractivity contribution in [2.24, 2.45) is 11.5 Å². The molecule has 1 aromatic heterocycles. The fourth-order valence-electron chi connectivity index (χ4n) is 3.35. The average molecular weight is 505 g/mol. The molecule has 0 fully saturated rings. The number of carboxylic acids is 2. The molecule has 0 spiro atoms. The number of H-pyrrole nitrogens is 1. The van der Waals surface area contributed by atoms with Crippen molar-refractivity contribution in [2.75, 3.05) is 0 Å². The van der Waals surface area contributed by atoms with Crippen LogP contribution in [0.2, 0.25) is 0 Å². The van der Waals surface area contributed by atoms with Crippen LogP contribution in [0.5, 0.6) is 0 Å². The molecule has 1 heterocycles. The van der Waals surface area contributed by atoms with Gasteiger partial charge in [-0.2, -0.15) is 0 Å². The molecule has 10 N–H and O–H groups in total. The summed E-state index contributed by atoms with van der Waals surface area (Å²) in [6.45, 7) is 1.17. The van der Waals surface area contributed by atoms with Gasteiger partial charge in [0.25, 0.3) is 0 Å². The Hall–Kier alpha value is -4.46. The summed E-state index contributed by atoms with van der Waals surface area (Å²) < 4.78 is 0. The van der Waals surface area contributed by atoms with Crippen molar-refractivity contribution in [1.29, 1.82) is 0 Å². The lowest BCUT2D eigenvalue weighted by molar-refractivity contribution is -0.143. The van der Waals surface area contributed by atoms with Crippen LogP contribution in [0.15, 0.2) is 30.5 Å². The molecule has 2 rings (SSSR count). The van der Waals surface area contributed by atoms with Crippen LogP contribution in [0, 0.1) is 0 Å². The highest BCUT2D eigenvalue weighted by molar-refractivity contribution is 5.96. The Labute approximate surface area is 204 Å². The van der Waals surface area contributed by atoms with E-state index in [0.29, 0.717) is 5.56 Å². The van der Waals surface area contributed by atoms with Gasteiger partial charge in [-0.3, -0.25) is 28.8 Å². The van der Waals surface area contributed by atoms with E-state index < -0.39 is 72.6 Å². The Morgan fingerprint density at radius 1 is 0.917 bits per heavy atom. The molecule has 0 aliphatic heterocycles. The number of hydrogen-bond donors (Lipinski definition) is 8. The zero-order valence-corrected chi connectivity index (χ0v) is 19.3. The summed E-state index contributed by atoms with van der Waals surface area (Å²) in [6.07, 6.45) is 0.206. The van der Waals surface area contributed by atoms with Gasteiger partial charge in [-0.25, -0.2) is 0 Å². The van der Waals surface area contributed by atoms with E-state index in [9.17, 15) is 33.9 Å². The summed E-state index contributed by atoms with van der Waals surface area (Å²) >= 11 is 0. The number of amides is 4. The summed E-state index contributed by atoms with van der Waals surface area (Å²) in [7, 11) is 0. The van der Waals surface area contributed by atoms with Crippen molar-refractivity contribution in [3.8, 4) is 0 Å². The van der Waals surface area contributed by atoms with E-state index in [2.05, 4.69) is 20.9 Å². The molecule has 14 nitrogen and oxygen atoms in total. The molecule has 0 bridgehead atoms. The van der Waals surface area contributed by atoms with Crippen LogP contribution in [0.4, 0.5) is 0 Å². The zero-order valence-electron chi connectivity index (χ0n) is 19.3. The smallest absolute Gasteiger partial charge is 0.325 e. The molecular formula is C22H28N6O8. The number of carbonyl (C=O) groups excluding carboxylic acids is 4. The normalized spacial score (nSPS) is 14.2. The summed E-state index contributed by atoms with van der Waals surface area (Å²) in [4.78, 5) is 74.6. The summed E-state index contributed by atoms with van der Waals surface area (Å²) in [5.74, 6) is -6.46. The van der Waals surface area contributed by atoms with Gasteiger partial charge in [0.1, 0.15) is 18.1 Å². The SMILES string of the molecule is CC(NC(=O)C(CC(=O)O)NC(=O)C(Cc1c[nH]c2ccccc12)NC(=O)C(N)CC(N)=O)C(=O)O. The van der Waals surface area contributed by atoms with Gasteiger partial charge in [-0.05, 0) is 18.6 Å². The lowest BCUT2D eigenvalue weighted by Crippen LogP contribution is -2.58. The third kappa shape index (κ3) is 7.80. The third-order valence-electron chi connectivity index (χ3n) is 5.23. The Kier molecular flexibility index (Phi) is 9.50. The van der Waals surface area contributed by atoms with Crippen molar-refractivity contribution in [3.05, 3.63) is 36.0 Å². The van der Waals surface area contributed by atoms with Crippen molar-refractivity contribution in [1.82, 2.24) is 20.9 Å². The van der Waals surface area contributed by atoms with Gasteiger partial charge < -0.3 is 42.6 Å². The first-order valence-electron chi connectivity index (χ1n) is 10.8. The van der Waals surface area contributed by atoms with E-state index in [1.807, 2.05) is 0 Å². The topological polar surface area (TPSA) is 247 Å². The largest absolute Gasteiger partial charge is 0.481 e. The van der Waals surface area contributed by atoms with E-state index in [4.69, 9.17) is 16.6 Å². The number of carboxylic acid groups (broad SMARTS) is 2. The second kappa shape index (κ2) is 12.3. The maximum atomic E-state index is 13.1. The monoisotopic (exact) mass is 504 g/mol. The van der Waals surface area contributed by atoms with Gasteiger partial charge in [0.05, 0.1) is 18.9 Å². The number of nitrogens with two attached hydrogens (primary N) is 2. The van der Waals surface area contributed by atoms with E-state index in [1.54, 1.807) is 30.5 Å². The van der Waals surface area contributed by atoms with E-state index >= 15 is 0 Å². The van der Waals surface area contributed by atoms with Gasteiger partial charge in [0, 0.05) is 23.5 Å². The van der Waals surface area contributed by atoms with Crippen molar-refractivity contribution < 1.29 is 39.0 Å². The van der Waals surface area contributed by atoms with Gasteiger partial charge >= 0.3 is 11.9 Å². The first-order chi connectivity index (χ1) is 16.9. The predicted octanol–water partition coefficient (Wildman–Crippen LogP) is -2.05. The minimum atomic E-state index is -1.64. The first kappa shape index (κ1) is 27.8. The fourth-order valence-corrected chi connectivity index (χ4v) is 3.35. The van der Waals surface area contributed by atoms with Crippen LogP contribution in [-0.4, -0.2) is 74.9 Å². The highest BCUT2D eigenvalue weighted by atomic mass is 16.4. The second-order valence-corrected chi connectivity index (χ2v) is 8.13. The molecule has 0 aliphatic rings. The van der Waals surface area contributed by atoms with Crippen molar-refractivity contribution in [2.45, 2.75) is 50.4 Å². The highest BCUT2D eigenvalue weighted by Crippen LogP contribution is 2.19. The molecule has 2 aromatic rings. The molecule has 0 aliphatic carbocycles. The van der Waals surface area contributed by atoms with Gasteiger partial charge in [0.15, 0.2) is 0 Å². The predicted molar refractivity (Wildman–Crippen MR) is 125 cm³/mol. The highest BCUT2D eigenvalue weighted by Gasteiger charge is 2.31. The number of primary amides is 1. The number of hydrogen-bond acceptors (Lipinski definition) is 7. The minimum absolute atomic E-state index is 0.0855. The van der Waals surface area contributed by atoms with E-state index in [0.717, 1.165) is 10.9 Å². The molecular weight excluding hydrogens is 476 g/mol. The molecule has 0 saturated heterocycles. The Balaban J connectivity index is 2.30. The van der Waals surface area contributed by atoms with Gasteiger partial charge in [-0.15, -0.1) is 0 Å². The van der Waals surface area contributed by atoms with Gasteiger partial charge in [-0.1, -0.05) is 18.2 Å². The Bertz CT molecular complexity index is 1160. The number of para-hydroxylation sites is 1. The molecule has 4 atom stereocenters. The average Bonchev–Trinajstić information content (AvgIpc) is 3.20. The summed E-state index contributed by atoms with van der Waals surface area (Å²) in [5.41, 5.74) is 12.1. The van der Waals surface area contributed by atoms with Crippen LogP contribution in [0.1, 0.15) is 25.3 Å². The lowest BCUT2D eigenvalue weighted by Gasteiger charge is -2.24. The second-order valence-electron chi connectivity index (χ2n) is 8.13. The number of aromatic nitrogens is 1. The third-order valence-corrected chi connectivity index (χ3v) is 5.23. The number of rotatable bonds is 13. The Morgan fingerprint density at radius 3 is 2.14 bits per heavy atom. The molecule has 194 valence electrons. The summed E-state index contributed by atoms with van der Waals surface area (Å²) in [5, 5.41) is 25.7. The molecule has 36 heavy (non-hydrogen) atoms. The fraction of sp³-hybridized carbons (Fsp3) is 0.364. The molecule has 4 amide bonds. The van der Waals surface area contributed by atoms with Crippen molar-refractivity contribution in [3.63, 3.8) is 0 Å². The number of aliphatic carboxylic acids is 2. The van der Waals surface area contributed by atoms with E-state index in [1.165, 1.54) is 6.92 Å². The number of fused-ring (bicyclic) bond motifs is 1. The van der Waals surface area contributed by atoms with Crippen LogP contribution >= 0.6 is 0 Å². The maximum absolute atomic E-state index is 13.1. The molecule has 0 radical (unpaired) electrons.